The number of anilines is 1. The van der Waals surface area contributed by atoms with Crippen molar-refractivity contribution in [3.63, 3.8) is 0 Å². The first-order valence-electron chi connectivity index (χ1n) is 8.01. The highest BCUT2D eigenvalue weighted by molar-refractivity contribution is 6.02. The fourth-order valence-electron chi connectivity index (χ4n) is 2.81. The highest BCUT2D eigenvalue weighted by atomic mass is 16.4. The zero-order valence-electron chi connectivity index (χ0n) is 13.5. The molecule has 1 aromatic heterocycles. The maximum atomic E-state index is 12.5. The van der Waals surface area contributed by atoms with E-state index < -0.39 is 5.97 Å². The molecule has 1 saturated heterocycles. The van der Waals surface area contributed by atoms with Crippen molar-refractivity contribution < 1.29 is 23.9 Å². The third kappa shape index (κ3) is 3.88. The summed E-state index contributed by atoms with van der Waals surface area (Å²) in [5.74, 6) is -1.46. The second-order valence-corrected chi connectivity index (χ2v) is 5.91. The largest absolute Gasteiger partial charge is 0.481 e. The molecule has 1 fully saturated rings. The molecule has 3 rings (SSSR count). The predicted octanol–water partition coefficient (Wildman–Crippen LogP) is 2.47. The van der Waals surface area contributed by atoms with Crippen molar-refractivity contribution in [2.24, 2.45) is 5.92 Å². The number of carboxylic acids is 1. The third-order valence-corrected chi connectivity index (χ3v) is 4.27. The molecule has 0 unspecified atom stereocenters. The first-order valence-corrected chi connectivity index (χ1v) is 8.01. The number of likely N-dealkylation sites (tertiary alicyclic amines) is 1. The third-order valence-electron chi connectivity index (χ3n) is 4.27. The van der Waals surface area contributed by atoms with Gasteiger partial charge < -0.3 is 19.7 Å². The average molecular weight is 342 g/mol. The second-order valence-electron chi connectivity index (χ2n) is 5.91. The van der Waals surface area contributed by atoms with E-state index in [0.717, 1.165) is 0 Å². The fraction of sp³-hybridized carbons (Fsp3) is 0.278. The Labute approximate surface area is 144 Å². The number of hydrogen-bond acceptors (Lipinski definition) is 4. The van der Waals surface area contributed by atoms with Crippen LogP contribution in [-0.2, 0) is 4.79 Å². The van der Waals surface area contributed by atoms with Crippen LogP contribution in [0.5, 0.6) is 0 Å². The summed E-state index contributed by atoms with van der Waals surface area (Å²) in [5.41, 5.74) is 1.06. The van der Waals surface area contributed by atoms with Crippen molar-refractivity contribution in [2.75, 3.05) is 18.4 Å². The summed E-state index contributed by atoms with van der Waals surface area (Å²) in [4.78, 5) is 37.0. The van der Waals surface area contributed by atoms with E-state index in [0.29, 0.717) is 37.2 Å². The number of nitrogens with one attached hydrogen (secondary N) is 1. The second kappa shape index (κ2) is 7.21. The predicted molar refractivity (Wildman–Crippen MR) is 89.4 cm³/mol. The van der Waals surface area contributed by atoms with Crippen LogP contribution in [-0.4, -0.2) is 40.9 Å². The molecule has 0 atom stereocenters. The van der Waals surface area contributed by atoms with Crippen LogP contribution < -0.4 is 5.32 Å². The normalized spacial score (nSPS) is 15.0. The molecule has 0 spiro atoms. The number of furan rings is 1. The topological polar surface area (TPSA) is 99.9 Å². The number of rotatable bonds is 4. The summed E-state index contributed by atoms with van der Waals surface area (Å²) < 4.78 is 5.02. The van der Waals surface area contributed by atoms with Gasteiger partial charge in [-0.1, -0.05) is 0 Å². The van der Waals surface area contributed by atoms with E-state index >= 15 is 0 Å². The summed E-state index contributed by atoms with van der Waals surface area (Å²) in [6.45, 7) is 0.875. The van der Waals surface area contributed by atoms with Gasteiger partial charge in [0.25, 0.3) is 11.8 Å². The Morgan fingerprint density at radius 3 is 2.32 bits per heavy atom. The van der Waals surface area contributed by atoms with Crippen molar-refractivity contribution in [3.8, 4) is 0 Å². The number of aliphatic carboxylic acids is 1. The van der Waals surface area contributed by atoms with Crippen molar-refractivity contribution in [2.45, 2.75) is 12.8 Å². The summed E-state index contributed by atoms with van der Waals surface area (Å²) in [7, 11) is 0. The first-order chi connectivity index (χ1) is 12.0. The summed E-state index contributed by atoms with van der Waals surface area (Å²) in [5, 5.41) is 11.7. The van der Waals surface area contributed by atoms with E-state index in [1.54, 1.807) is 41.3 Å². The smallest absolute Gasteiger partial charge is 0.306 e. The van der Waals surface area contributed by atoms with Crippen molar-refractivity contribution in [3.05, 3.63) is 54.0 Å². The number of carboxylic acid groups (broad SMARTS) is 1. The Morgan fingerprint density at radius 2 is 1.76 bits per heavy atom. The van der Waals surface area contributed by atoms with Crippen LogP contribution in [0.25, 0.3) is 0 Å². The molecule has 0 radical (unpaired) electrons. The minimum atomic E-state index is -0.802. The van der Waals surface area contributed by atoms with Gasteiger partial charge in [0.2, 0.25) is 0 Å². The van der Waals surface area contributed by atoms with Gasteiger partial charge in [0, 0.05) is 24.3 Å². The molecule has 1 aliphatic heterocycles. The number of piperidine rings is 1. The van der Waals surface area contributed by atoms with Crippen molar-refractivity contribution in [1.29, 1.82) is 0 Å². The quantitative estimate of drug-likeness (QED) is 0.889. The fourth-order valence-corrected chi connectivity index (χ4v) is 2.81. The van der Waals surface area contributed by atoms with E-state index in [9.17, 15) is 14.4 Å². The Kier molecular flexibility index (Phi) is 4.83. The van der Waals surface area contributed by atoms with Gasteiger partial charge in [0.05, 0.1) is 12.2 Å². The number of carbonyl (C=O) groups excluding carboxylic acids is 2. The molecular formula is C18H18N2O5. The summed E-state index contributed by atoms with van der Waals surface area (Å²) >= 11 is 0. The lowest BCUT2D eigenvalue weighted by atomic mass is 9.96. The van der Waals surface area contributed by atoms with E-state index in [2.05, 4.69) is 5.32 Å². The minimum absolute atomic E-state index is 0.132. The van der Waals surface area contributed by atoms with Crippen molar-refractivity contribution in [1.82, 2.24) is 4.90 Å². The Morgan fingerprint density at radius 1 is 1.08 bits per heavy atom. The zero-order valence-corrected chi connectivity index (χ0v) is 13.5. The van der Waals surface area contributed by atoms with Gasteiger partial charge in [-0.05, 0) is 49.2 Å². The Hall–Kier alpha value is -3.09. The number of amides is 2. The first kappa shape index (κ1) is 16.8. The van der Waals surface area contributed by atoms with Crippen LogP contribution in [0.3, 0.4) is 0 Å². The number of hydrogen-bond donors (Lipinski definition) is 2. The molecule has 1 aromatic carbocycles. The number of benzene rings is 1. The highest BCUT2D eigenvalue weighted by Crippen LogP contribution is 2.20. The molecule has 2 aromatic rings. The van der Waals surface area contributed by atoms with Crippen LogP contribution in [0.4, 0.5) is 5.69 Å². The van der Waals surface area contributed by atoms with Crippen LogP contribution >= 0.6 is 0 Å². The van der Waals surface area contributed by atoms with Crippen molar-refractivity contribution >= 4 is 23.5 Å². The SMILES string of the molecule is O=C(Nc1ccc(C(=O)N2CCC(C(=O)O)CC2)cc1)c1ccco1. The Balaban J connectivity index is 1.59. The van der Waals surface area contributed by atoms with Crippen LogP contribution in [0.1, 0.15) is 33.8 Å². The molecule has 130 valence electrons. The monoisotopic (exact) mass is 342 g/mol. The summed E-state index contributed by atoms with van der Waals surface area (Å²) in [6.07, 6.45) is 2.36. The minimum Gasteiger partial charge on any atom is -0.481 e. The van der Waals surface area contributed by atoms with E-state index in [4.69, 9.17) is 9.52 Å². The Bertz CT molecular complexity index is 759. The molecule has 25 heavy (non-hydrogen) atoms. The molecule has 2 heterocycles. The summed E-state index contributed by atoms with van der Waals surface area (Å²) in [6, 6.07) is 9.78. The molecule has 0 aliphatic carbocycles. The lowest BCUT2D eigenvalue weighted by Gasteiger charge is -2.30. The van der Waals surface area contributed by atoms with Gasteiger partial charge in [-0.25, -0.2) is 0 Å². The molecule has 0 saturated carbocycles. The highest BCUT2D eigenvalue weighted by Gasteiger charge is 2.27. The molecule has 7 heteroatoms. The lowest BCUT2D eigenvalue weighted by molar-refractivity contribution is -0.143. The van der Waals surface area contributed by atoms with Gasteiger partial charge in [-0.15, -0.1) is 0 Å². The maximum absolute atomic E-state index is 12.5. The van der Waals surface area contributed by atoms with Crippen LogP contribution in [0, 0.1) is 5.92 Å². The number of nitrogens with zero attached hydrogens (tertiary/aromatic N) is 1. The van der Waals surface area contributed by atoms with Gasteiger partial charge in [0.1, 0.15) is 0 Å². The van der Waals surface area contributed by atoms with Gasteiger partial charge in [-0.2, -0.15) is 0 Å². The molecule has 2 amide bonds. The standard InChI is InChI=1S/C18H18N2O5/c21-16(15-2-1-11-25-15)19-14-5-3-12(4-6-14)17(22)20-9-7-13(8-10-20)18(23)24/h1-6,11,13H,7-10H2,(H,19,21)(H,23,24). The molecular weight excluding hydrogens is 324 g/mol. The van der Waals surface area contributed by atoms with Crippen LogP contribution in [0.15, 0.2) is 47.1 Å². The average Bonchev–Trinajstić information content (AvgIpc) is 3.17. The van der Waals surface area contributed by atoms with Crippen LogP contribution in [0.2, 0.25) is 0 Å². The van der Waals surface area contributed by atoms with E-state index in [1.807, 2.05) is 0 Å². The molecule has 2 N–H and O–H groups in total. The maximum Gasteiger partial charge on any atom is 0.306 e. The van der Waals surface area contributed by atoms with Gasteiger partial charge >= 0.3 is 5.97 Å². The van der Waals surface area contributed by atoms with E-state index in [-0.39, 0.29) is 23.5 Å². The zero-order chi connectivity index (χ0) is 17.8. The lowest BCUT2D eigenvalue weighted by Crippen LogP contribution is -2.40. The van der Waals surface area contributed by atoms with Gasteiger partial charge in [0.15, 0.2) is 5.76 Å². The van der Waals surface area contributed by atoms with Gasteiger partial charge in [-0.3, -0.25) is 14.4 Å². The number of carbonyl (C=O) groups is 3. The molecule has 1 aliphatic rings. The van der Waals surface area contributed by atoms with E-state index in [1.165, 1.54) is 6.26 Å². The molecule has 7 nitrogen and oxygen atoms in total. The molecule has 0 bridgehead atoms.